The largest absolute Gasteiger partial charge is 0.494 e. The summed E-state index contributed by atoms with van der Waals surface area (Å²) in [5, 5.41) is 12.0. The maximum absolute atomic E-state index is 8.11. The number of hydrogen-bond acceptors (Lipinski definition) is 5. The first kappa shape index (κ1) is 13.2. The zero-order valence-corrected chi connectivity index (χ0v) is 11.6. The number of hydrogen-bond donors (Lipinski definition) is 3. The van der Waals surface area contributed by atoms with Crippen LogP contribution in [0.25, 0.3) is 10.9 Å². The molecule has 2 rings (SSSR count). The third-order valence-corrected chi connectivity index (χ3v) is 2.65. The van der Waals surface area contributed by atoms with Crippen molar-refractivity contribution in [2.45, 2.75) is 26.3 Å². The van der Waals surface area contributed by atoms with Crippen molar-refractivity contribution in [1.29, 1.82) is 5.41 Å². The normalized spacial score (nSPS) is 11.6. The first-order valence-corrected chi connectivity index (χ1v) is 6.01. The number of ether oxygens (including phenoxy) is 1. The molecule has 4 N–H and O–H groups in total. The molecule has 102 valence electrons. The zero-order chi connectivity index (χ0) is 14.2. The summed E-state index contributed by atoms with van der Waals surface area (Å²) >= 11 is 0. The Morgan fingerprint density at radius 2 is 2.05 bits per heavy atom. The number of nitrogens with two attached hydrogens (primary N) is 1. The molecule has 6 heteroatoms. The molecule has 6 nitrogen and oxygen atoms in total. The molecule has 0 fully saturated rings. The Kier molecular flexibility index (Phi) is 3.09. The fraction of sp³-hybridized carbons (Fsp3) is 0.385. The number of rotatable bonds is 2. The van der Waals surface area contributed by atoms with Crippen molar-refractivity contribution < 1.29 is 4.74 Å². The molecule has 0 saturated heterocycles. The summed E-state index contributed by atoms with van der Waals surface area (Å²) in [6.45, 7) is 6.01. The van der Waals surface area contributed by atoms with Crippen LogP contribution in [0.4, 0.5) is 5.95 Å². The molecule has 1 heterocycles. The molecule has 0 saturated carbocycles. The van der Waals surface area contributed by atoms with Crippen molar-refractivity contribution in [3.63, 3.8) is 0 Å². The lowest BCUT2D eigenvalue weighted by atomic mass is 10.1. The number of para-hydroxylation sites is 1. The third-order valence-electron chi connectivity index (χ3n) is 2.65. The summed E-state index contributed by atoms with van der Waals surface area (Å²) in [5.41, 5.74) is 0.620. The topological polar surface area (TPSA) is 89.0 Å². The zero-order valence-electron chi connectivity index (χ0n) is 11.6. The number of benzene rings is 1. The summed E-state index contributed by atoms with van der Waals surface area (Å²) in [7, 11) is 1.58. The van der Waals surface area contributed by atoms with Gasteiger partial charge in [-0.25, -0.2) is 9.66 Å². The highest BCUT2D eigenvalue weighted by molar-refractivity contribution is 5.84. The number of anilines is 1. The van der Waals surface area contributed by atoms with E-state index in [4.69, 9.17) is 16.0 Å². The average Bonchev–Trinajstić information content (AvgIpc) is 2.33. The van der Waals surface area contributed by atoms with Crippen molar-refractivity contribution in [3.05, 3.63) is 23.7 Å². The van der Waals surface area contributed by atoms with Gasteiger partial charge >= 0.3 is 0 Å². The lowest BCUT2D eigenvalue weighted by Crippen LogP contribution is -2.36. The fourth-order valence-corrected chi connectivity index (χ4v) is 1.81. The predicted molar refractivity (Wildman–Crippen MR) is 75.7 cm³/mol. The molecule has 0 amide bonds. The Hall–Kier alpha value is -2.24. The Morgan fingerprint density at radius 1 is 1.37 bits per heavy atom. The van der Waals surface area contributed by atoms with Gasteiger partial charge in [-0.15, -0.1) is 0 Å². The lowest BCUT2D eigenvalue weighted by Gasteiger charge is -2.23. The minimum absolute atomic E-state index is 0.190. The van der Waals surface area contributed by atoms with E-state index in [9.17, 15) is 0 Å². The molecule has 0 radical (unpaired) electrons. The van der Waals surface area contributed by atoms with Gasteiger partial charge in [-0.1, -0.05) is 6.07 Å². The summed E-state index contributed by atoms with van der Waals surface area (Å²) in [4.78, 5) is 4.47. The second-order valence-corrected chi connectivity index (χ2v) is 5.39. The molecule has 2 aromatic rings. The Bertz CT molecular complexity index is 669. The molecule has 1 aromatic heterocycles. The maximum Gasteiger partial charge on any atom is 0.224 e. The average molecular weight is 261 g/mol. The molecule has 0 unspecified atom stereocenters. The molecule has 0 atom stereocenters. The van der Waals surface area contributed by atoms with Gasteiger partial charge in [0.15, 0.2) is 5.49 Å². The number of nitrogens with zero attached hydrogens (tertiary/aromatic N) is 2. The Labute approximate surface area is 111 Å². The smallest absolute Gasteiger partial charge is 0.224 e. The Morgan fingerprint density at radius 3 is 2.63 bits per heavy atom. The van der Waals surface area contributed by atoms with Gasteiger partial charge in [0, 0.05) is 10.9 Å². The van der Waals surface area contributed by atoms with Crippen LogP contribution in [0.3, 0.4) is 0 Å². The predicted octanol–water partition coefficient (Wildman–Crippen LogP) is 1.45. The van der Waals surface area contributed by atoms with Gasteiger partial charge in [-0.05, 0) is 32.9 Å². The van der Waals surface area contributed by atoms with E-state index in [2.05, 4.69) is 10.3 Å². The van der Waals surface area contributed by atoms with Crippen LogP contribution in [0.2, 0.25) is 0 Å². The van der Waals surface area contributed by atoms with E-state index in [1.807, 2.05) is 32.9 Å². The highest BCUT2D eigenvalue weighted by Gasteiger charge is 2.15. The van der Waals surface area contributed by atoms with Gasteiger partial charge < -0.3 is 15.9 Å². The van der Waals surface area contributed by atoms with Crippen molar-refractivity contribution in [3.8, 4) is 5.75 Å². The summed E-state index contributed by atoms with van der Waals surface area (Å²) < 4.78 is 6.53. The van der Waals surface area contributed by atoms with Crippen LogP contribution in [0.5, 0.6) is 5.75 Å². The first-order valence-electron chi connectivity index (χ1n) is 6.01. The van der Waals surface area contributed by atoms with Gasteiger partial charge in [0.1, 0.15) is 11.3 Å². The quantitative estimate of drug-likeness (QED) is 0.714. The van der Waals surface area contributed by atoms with Crippen molar-refractivity contribution in [2.75, 3.05) is 18.3 Å². The summed E-state index contributed by atoms with van der Waals surface area (Å²) in [6.07, 6.45) is 0. The Balaban J connectivity index is 2.74. The van der Waals surface area contributed by atoms with Crippen LogP contribution in [-0.2, 0) is 0 Å². The molecule has 0 aliphatic carbocycles. The van der Waals surface area contributed by atoms with E-state index in [1.54, 1.807) is 13.2 Å². The second-order valence-electron chi connectivity index (χ2n) is 5.39. The van der Waals surface area contributed by atoms with Crippen LogP contribution < -0.4 is 21.4 Å². The second kappa shape index (κ2) is 4.46. The van der Waals surface area contributed by atoms with Gasteiger partial charge in [0.2, 0.25) is 5.95 Å². The number of aromatic nitrogens is 2. The van der Waals surface area contributed by atoms with E-state index in [0.29, 0.717) is 22.6 Å². The first-order chi connectivity index (χ1) is 8.83. The van der Waals surface area contributed by atoms with Crippen molar-refractivity contribution in [2.24, 2.45) is 0 Å². The van der Waals surface area contributed by atoms with Gasteiger partial charge in [-0.3, -0.25) is 5.41 Å². The van der Waals surface area contributed by atoms with E-state index < -0.39 is 0 Å². The standard InChI is InChI=1S/C13H19N5O/c1-13(2,3)17-12-16-10-8(11(14)18(12)15)6-5-7-9(10)19-4/h5-7,14H,15H2,1-4H3,(H,16,17). The highest BCUT2D eigenvalue weighted by Crippen LogP contribution is 2.22. The number of nitrogen functional groups attached to an aromatic ring is 1. The van der Waals surface area contributed by atoms with Crippen molar-refractivity contribution in [1.82, 2.24) is 9.66 Å². The maximum atomic E-state index is 8.11. The van der Waals surface area contributed by atoms with E-state index >= 15 is 0 Å². The molecular formula is C13H19N5O. The van der Waals surface area contributed by atoms with Crippen molar-refractivity contribution >= 4 is 16.9 Å². The van der Waals surface area contributed by atoms with Crippen LogP contribution in [-0.4, -0.2) is 22.3 Å². The third kappa shape index (κ3) is 2.47. The SMILES string of the molecule is COc1cccc2c(=N)n(N)c(NC(C)(C)C)nc12. The number of nitrogens with one attached hydrogen (secondary N) is 2. The fourth-order valence-electron chi connectivity index (χ4n) is 1.81. The molecular weight excluding hydrogens is 242 g/mol. The van der Waals surface area contributed by atoms with E-state index in [-0.39, 0.29) is 11.0 Å². The molecule has 0 spiro atoms. The molecule has 0 aliphatic rings. The molecule has 0 bridgehead atoms. The lowest BCUT2D eigenvalue weighted by molar-refractivity contribution is 0.418. The van der Waals surface area contributed by atoms with Gasteiger partial charge in [-0.2, -0.15) is 0 Å². The van der Waals surface area contributed by atoms with E-state index in [1.165, 1.54) is 4.68 Å². The summed E-state index contributed by atoms with van der Waals surface area (Å²) in [5.74, 6) is 6.98. The summed E-state index contributed by atoms with van der Waals surface area (Å²) in [6, 6.07) is 5.44. The van der Waals surface area contributed by atoms with Gasteiger partial charge in [0.25, 0.3) is 0 Å². The van der Waals surface area contributed by atoms with Crippen LogP contribution in [0.15, 0.2) is 18.2 Å². The number of methoxy groups -OCH3 is 1. The van der Waals surface area contributed by atoms with Crippen LogP contribution in [0.1, 0.15) is 20.8 Å². The monoisotopic (exact) mass is 261 g/mol. The van der Waals surface area contributed by atoms with Crippen LogP contribution >= 0.6 is 0 Å². The van der Waals surface area contributed by atoms with E-state index in [0.717, 1.165) is 0 Å². The van der Waals surface area contributed by atoms with Gasteiger partial charge in [0.05, 0.1) is 7.11 Å². The minimum atomic E-state index is -0.198. The molecule has 1 aromatic carbocycles. The molecule has 19 heavy (non-hydrogen) atoms. The number of fused-ring (bicyclic) bond motifs is 1. The minimum Gasteiger partial charge on any atom is -0.494 e. The highest BCUT2D eigenvalue weighted by atomic mass is 16.5. The molecule has 0 aliphatic heterocycles. The van der Waals surface area contributed by atoms with Crippen LogP contribution in [0, 0.1) is 5.41 Å².